The molecule has 5 nitrogen and oxygen atoms in total. The largest absolute Gasteiger partial charge is 0.397 e. The Morgan fingerprint density at radius 2 is 2.12 bits per heavy atom. The maximum atomic E-state index is 11.5. The van der Waals surface area contributed by atoms with Crippen LogP contribution in [0.5, 0.6) is 0 Å². The quantitative estimate of drug-likeness (QED) is 0.544. The van der Waals surface area contributed by atoms with Crippen LogP contribution in [0.1, 0.15) is 6.92 Å². The van der Waals surface area contributed by atoms with Gasteiger partial charge in [-0.1, -0.05) is 12.2 Å². The average molecular weight is 255 g/mol. The minimum Gasteiger partial charge on any atom is -0.397 e. The van der Waals surface area contributed by atoms with Gasteiger partial charge in [0.15, 0.2) is 0 Å². The molecule has 0 saturated carbocycles. The minimum absolute atomic E-state index is 0.151. The molecule has 0 amide bonds. The number of sulfonamides is 1. The highest BCUT2D eigenvalue weighted by molar-refractivity contribution is 7.89. The van der Waals surface area contributed by atoms with Crippen molar-refractivity contribution in [2.45, 2.75) is 11.8 Å². The first-order valence-corrected chi connectivity index (χ1v) is 6.56. The number of nitrogens with one attached hydrogen (secondary N) is 2. The van der Waals surface area contributed by atoms with E-state index in [1.807, 2.05) is 6.92 Å². The predicted octanol–water partition coefficient (Wildman–Crippen LogP) is 1.16. The molecule has 1 aromatic rings. The van der Waals surface area contributed by atoms with Crippen LogP contribution in [0.4, 0.5) is 11.4 Å². The number of nitrogen functional groups attached to an aromatic ring is 1. The number of nitrogens with two attached hydrogens (primary N) is 1. The lowest BCUT2D eigenvalue weighted by Crippen LogP contribution is -2.18. The highest BCUT2D eigenvalue weighted by Gasteiger charge is 2.12. The van der Waals surface area contributed by atoms with Gasteiger partial charge in [-0.15, -0.1) is 0 Å². The van der Waals surface area contributed by atoms with E-state index >= 15 is 0 Å². The lowest BCUT2D eigenvalue weighted by atomic mass is 10.2. The summed E-state index contributed by atoms with van der Waals surface area (Å²) < 4.78 is 25.3. The lowest BCUT2D eigenvalue weighted by Gasteiger charge is -2.10. The first-order chi connectivity index (χ1) is 7.86. The summed E-state index contributed by atoms with van der Waals surface area (Å²) in [6, 6.07) is 4.57. The number of benzene rings is 1. The molecule has 17 heavy (non-hydrogen) atoms. The molecule has 0 aliphatic rings. The van der Waals surface area contributed by atoms with Crippen molar-refractivity contribution in [2.24, 2.45) is 0 Å². The van der Waals surface area contributed by atoms with Crippen LogP contribution < -0.4 is 15.8 Å². The summed E-state index contributed by atoms with van der Waals surface area (Å²) in [7, 11) is -2.08. The second kappa shape index (κ2) is 5.20. The molecule has 0 saturated heterocycles. The zero-order valence-electron chi connectivity index (χ0n) is 9.95. The molecule has 0 fully saturated rings. The molecule has 0 aliphatic heterocycles. The van der Waals surface area contributed by atoms with Crippen LogP contribution in [0, 0.1) is 0 Å². The molecular weight excluding hydrogens is 238 g/mol. The Hall–Kier alpha value is -1.53. The van der Waals surface area contributed by atoms with Gasteiger partial charge in [-0.2, -0.15) is 0 Å². The Morgan fingerprint density at radius 3 is 2.59 bits per heavy atom. The van der Waals surface area contributed by atoms with Crippen LogP contribution in [-0.4, -0.2) is 22.0 Å². The van der Waals surface area contributed by atoms with Gasteiger partial charge >= 0.3 is 0 Å². The fourth-order valence-corrected chi connectivity index (χ4v) is 2.00. The Bertz CT molecular complexity index is 524. The van der Waals surface area contributed by atoms with E-state index in [4.69, 9.17) is 5.73 Å². The summed E-state index contributed by atoms with van der Waals surface area (Å²) in [5.41, 5.74) is 7.83. The maximum Gasteiger partial charge on any atom is 0.240 e. The van der Waals surface area contributed by atoms with Gasteiger partial charge in [0, 0.05) is 6.54 Å². The normalized spacial score (nSPS) is 11.2. The molecule has 0 aromatic heterocycles. The molecular formula is C11H17N3O2S. The second-order valence-electron chi connectivity index (χ2n) is 3.77. The van der Waals surface area contributed by atoms with Crippen molar-refractivity contribution in [1.29, 1.82) is 0 Å². The van der Waals surface area contributed by atoms with E-state index in [0.29, 0.717) is 17.9 Å². The highest BCUT2D eigenvalue weighted by atomic mass is 32.2. The van der Waals surface area contributed by atoms with Crippen LogP contribution in [-0.2, 0) is 10.0 Å². The van der Waals surface area contributed by atoms with Gasteiger partial charge < -0.3 is 11.1 Å². The molecule has 0 atom stereocenters. The third kappa shape index (κ3) is 3.47. The zero-order valence-corrected chi connectivity index (χ0v) is 10.8. The number of anilines is 2. The van der Waals surface area contributed by atoms with Crippen LogP contribution in [0.15, 0.2) is 35.2 Å². The molecule has 0 unspecified atom stereocenters. The van der Waals surface area contributed by atoms with Gasteiger partial charge in [-0.25, -0.2) is 13.1 Å². The van der Waals surface area contributed by atoms with Gasteiger partial charge in [0.05, 0.1) is 16.3 Å². The van der Waals surface area contributed by atoms with E-state index in [1.54, 1.807) is 6.07 Å². The summed E-state index contributed by atoms with van der Waals surface area (Å²) in [6.07, 6.45) is 0. The predicted molar refractivity (Wildman–Crippen MR) is 70.4 cm³/mol. The fourth-order valence-electron chi connectivity index (χ4n) is 1.23. The van der Waals surface area contributed by atoms with E-state index in [9.17, 15) is 8.42 Å². The molecule has 0 heterocycles. The molecule has 4 N–H and O–H groups in total. The van der Waals surface area contributed by atoms with Crippen LogP contribution in [0.25, 0.3) is 0 Å². The molecule has 0 radical (unpaired) electrons. The SMILES string of the molecule is C=C(C)CNc1ccc(S(=O)(=O)NC)cc1N. The summed E-state index contributed by atoms with van der Waals surface area (Å²) in [6.45, 7) is 6.25. The zero-order chi connectivity index (χ0) is 13.1. The molecule has 6 heteroatoms. The summed E-state index contributed by atoms with van der Waals surface area (Å²) in [5.74, 6) is 0. The second-order valence-corrected chi connectivity index (χ2v) is 5.65. The lowest BCUT2D eigenvalue weighted by molar-refractivity contribution is 0.588. The number of hydrogen-bond donors (Lipinski definition) is 3. The van der Waals surface area contributed by atoms with Crippen molar-refractivity contribution in [3.05, 3.63) is 30.4 Å². The van der Waals surface area contributed by atoms with E-state index in [0.717, 1.165) is 5.57 Å². The van der Waals surface area contributed by atoms with Crippen molar-refractivity contribution in [1.82, 2.24) is 4.72 Å². The molecule has 0 spiro atoms. The Kier molecular flexibility index (Phi) is 4.14. The summed E-state index contributed by atoms with van der Waals surface area (Å²) >= 11 is 0. The van der Waals surface area contributed by atoms with Crippen molar-refractivity contribution in [3.63, 3.8) is 0 Å². The van der Waals surface area contributed by atoms with E-state index < -0.39 is 10.0 Å². The third-order valence-electron chi connectivity index (χ3n) is 2.18. The Balaban J connectivity index is 2.98. The van der Waals surface area contributed by atoms with Gasteiger partial charge in [0.25, 0.3) is 0 Å². The third-order valence-corrected chi connectivity index (χ3v) is 3.59. The van der Waals surface area contributed by atoms with Gasteiger partial charge in [0.2, 0.25) is 10.0 Å². The topological polar surface area (TPSA) is 84.2 Å². The number of rotatable bonds is 5. The molecule has 0 aliphatic carbocycles. The first kappa shape index (κ1) is 13.5. The first-order valence-electron chi connectivity index (χ1n) is 5.08. The van der Waals surface area contributed by atoms with Gasteiger partial charge in [-0.3, -0.25) is 0 Å². The Morgan fingerprint density at radius 1 is 1.47 bits per heavy atom. The van der Waals surface area contributed by atoms with E-state index in [1.165, 1.54) is 19.2 Å². The minimum atomic E-state index is -3.44. The Labute approximate surface area is 102 Å². The fraction of sp³-hybridized carbons (Fsp3) is 0.273. The van der Waals surface area contributed by atoms with Crippen molar-refractivity contribution >= 4 is 21.4 Å². The highest BCUT2D eigenvalue weighted by Crippen LogP contribution is 2.22. The molecule has 0 bridgehead atoms. The maximum absolute atomic E-state index is 11.5. The van der Waals surface area contributed by atoms with Crippen LogP contribution in [0.2, 0.25) is 0 Å². The van der Waals surface area contributed by atoms with E-state index in [-0.39, 0.29) is 4.90 Å². The van der Waals surface area contributed by atoms with Crippen molar-refractivity contribution < 1.29 is 8.42 Å². The standard InChI is InChI=1S/C11H17N3O2S/c1-8(2)7-14-11-5-4-9(6-10(11)12)17(15,16)13-3/h4-6,13-14H,1,7,12H2,2-3H3. The summed E-state index contributed by atoms with van der Waals surface area (Å²) in [5, 5.41) is 3.07. The molecule has 1 rings (SSSR count). The van der Waals surface area contributed by atoms with E-state index in [2.05, 4.69) is 16.6 Å². The van der Waals surface area contributed by atoms with Crippen LogP contribution >= 0.6 is 0 Å². The van der Waals surface area contributed by atoms with Crippen molar-refractivity contribution in [3.8, 4) is 0 Å². The molecule has 94 valence electrons. The molecule has 1 aromatic carbocycles. The van der Waals surface area contributed by atoms with Gasteiger partial charge in [-0.05, 0) is 32.2 Å². The summed E-state index contributed by atoms with van der Waals surface area (Å²) in [4.78, 5) is 0.151. The average Bonchev–Trinajstić information content (AvgIpc) is 2.27. The number of hydrogen-bond acceptors (Lipinski definition) is 4. The van der Waals surface area contributed by atoms with Crippen LogP contribution in [0.3, 0.4) is 0 Å². The smallest absolute Gasteiger partial charge is 0.240 e. The van der Waals surface area contributed by atoms with Gasteiger partial charge in [0.1, 0.15) is 0 Å². The van der Waals surface area contributed by atoms with Crippen molar-refractivity contribution in [2.75, 3.05) is 24.6 Å². The monoisotopic (exact) mass is 255 g/mol.